The third-order valence-electron chi connectivity index (χ3n) is 2.90. The summed E-state index contributed by atoms with van der Waals surface area (Å²) >= 11 is 5.00. The average Bonchev–Trinajstić information content (AvgIpc) is 2.40. The molecule has 5 nitrogen and oxygen atoms in total. The number of hydrogen-bond donors (Lipinski definition) is 2. The number of rotatable bonds is 5. The lowest BCUT2D eigenvalue weighted by Gasteiger charge is -2.26. The van der Waals surface area contributed by atoms with E-state index in [1.165, 1.54) is 0 Å². The van der Waals surface area contributed by atoms with Gasteiger partial charge < -0.3 is 15.8 Å². The number of ether oxygens (including phenoxy) is 1. The molecule has 2 rings (SSSR count). The van der Waals surface area contributed by atoms with Gasteiger partial charge in [0.15, 0.2) is 0 Å². The molecular weight excluding hydrogens is 248 g/mol. The Morgan fingerprint density at radius 1 is 1.50 bits per heavy atom. The van der Waals surface area contributed by atoms with Crippen molar-refractivity contribution in [2.45, 2.75) is 0 Å². The fourth-order valence-corrected chi connectivity index (χ4v) is 2.07. The van der Waals surface area contributed by atoms with Crippen LogP contribution in [0, 0.1) is 0 Å². The van der Waals surface area contributed by atoms with Gasteiger partial charge in [-0.05, 0) is 12.1 Å². The van der Waals surface area contributed by atoms with Crippen molar-refractivity contribution in [3.63, 3.8) is 0 Å². The highest BCUT2D eigenvalue weighted by atomic mass is 32.1. The van der Waals surface area contributed by atoms with Crippen LogP contribution in [0.2, 0.25) is 0 Å². The molecule has 0 aromatic carbocycles. The number of nitrogens with two attached hydrogens (primary N) is 1. The van der Waals surface area contributed by atoms with Crippen LogP contribution in [0.4, 0.5) is 5.82 Å². The molecule has 0 unspecified atom stereocenters. The number of hydrogen-bond acceptors (Lipinski definition) is 5. The molecule has 1 aromatic heterocycles. The van der Waals surface area contributed by atoms with Crippen molar-refractivity contribution in [1.29, 1.82) is 0 Å². The zero-order valence-electron chi connectivity index (χ0n) is 10.3. The van der Waals surface area contributed by atoms with Crippen LogP contribution in [-0.2, 0) is 4.74 Å². The van der Waals surface area contributed by atoms with E-state index in [0.29, 0.717) is 4.99 Å². The minimum atomic E-state index is 0.372. The summed E-state index contributed by atoms with van der Waals surface area (Å²) in [4.78, 5) is 6.99. The van der Waals surface area contributed by atoms with Gasteiger partial charge in [0.2, 0.25) is 0 Å². The van der Waals surface area contributed by atoms with E-state index in [2.05, 4.69) is 15.2 Å². The summed E-state index contributed by atoms with van der Waals surface area (Å²) in [7, 11) is 0. The predicted octanol–water partition coefficient (Wildman–Crippen LogP) is 0.460. The first kappa shape index (κ1) is 13.2. The van der Waals surface area contributed by atoms with Crippen LogP contribution in [0.3, 0.4) is 0 Å². The fourth-order valence-electron chi connectivity index (χ4n) is 1.90. The number of morpholine rings is 1. The second-order valence-electron chi connectivity index (χ2n) is 4.14. The van der Waals surface area contributed by atoms with Crippen molar-refractivity contribution in [1.82, 2.24) is 9.88 Å². The number of anilines is 1. The molecule has 1 aliphatic heterocycles. The van der Waals surface area contributed by atoms with Crippen molar-refractivity contribution < 1.29 is 4.74 Å². The third-order valence-corrected chi connectivity index (χ3v) is 3.12. The molecule has 2 heterocycles. The maximum Gasteiger partial charge on any atom is 0.136 e. The van der Waals surface area contributed by atoms with E-state index in [0.717, 1.165) is 50.8 Å². The molecule has 1 fully saturated rings. The molecule has 98 valence electrons. The molecule has 0 amide bonds. The van der Waals surface area contributed by atoms with E-state index >= 15 is 0 Å². The highest BCUT2D eigenvalue weighted by molar-refractivity contribution is 7.80. The zero-order chi connectivity index (χ0) is 12.8. The molecule has 1 aromatic rings. The molecule has 0 spiro atoms. The number of pyridine rings is 1. The maximum atomic E-state index is 5.65. The van der Waals surface area contributed by atoms with Crippen LogP contribution in [0.5, 0.6) is 0 Å². The normalized spacial score (nSPS) is 16.4. The SMILES string of the molecule is NC(=S)c1cccnc1NCCN1CCOCC1. The molecular formula is C12H18N4OS. The second kappa shape index (κ2) is 6.63. The molecule has 3 N–H and O–H groups in total. The largest absolute Gasteiger partial charge is 0.389 e. The van der Waals surface area contributed by atoms with Gasteiger partial charge in [0.25, 0.3) is 0 Å². The van der Waals surface area contributed by atoms with Crippen LogP contribution >= 0.6 is 12.2 Å². The number of aromatic nitrogens is 1. The highest BCUT2D eigenvalue weighted by Crippen LogP contribution is 2.10. The summed E-state index contributed by atoms with van der Waals surface area (Å²) in [5.41, 5.74) is 6.45. The van der Waals surface area contributed by atoms with Gasteiger partial charge in [-0.2, -0.15) is 0 Å². The number of nitrogens with zero attached hydrogens (tertiary/aromatic N) is 2. The minimum Gasteiger partial charge on any atom is -0.389 e. The Kier molecular flexibility index (Phi) is 4.86. The van der Waals surface area contributed by atoms with Gasteiger partial charge in [-0.3, -0.25) is 4.90 Å². The Labute approximate surface area is 112 Å². The quantitative estimate of drug-likeness (QED) is 0.755. The molecule has 0 saturated carbocycles. The van der Waals surface area contributed by atoms with Gasteiger partial charge in [0.05, 0.1) is 18.8 Å². The van der Waals surface area contributed by atoms with Crippen molar-refractivity contribution in [2.24, 2.45) is 5.73 Å². The first-order chi connectivity index (χ1) is 8.77. The Bertz CT molecular complexity index is 407. The Balaban J connectivity index is 1.84. The fraction of sp³-hybridized carbons (Fsp3) is 0.500. The molecule has 6 heteroatoms. The summed E-state index contributed by atoms with van der Waals surface area (Å²) in [6.45, 7) is 5.42. The summed E-state index contributed by atoms with van der Waals surface area (Å²) < 4.78 is 5.31. The number of nitrogens with one attached hydrogen (secondary N) is 1. The number of thiocarbonyl (C=S) groups is 1. The van der Waals surface area contributed by atoms with E-state index in [-0.39, 0.29) is 0 Å². The molecule has 1 aliphatic rings. The van der Waals surface area contributed by atoms with Crippen molar-refractivity contribution >= 4 is 23.0 Å². The molecule has 0 radical (unpaired) electrons. The Morgan fingerprint density at radius 3 is 3.00 bits per heavy atom. The average molecular weight is 266 g/mol. The van der Waals surface area contributed by atoms with Gasteiger partial charge in [0, 0.05) is 32.4 Å². The molecule has 18 heavy (non-hydrogen) atoms. The van der Waals surface area contributed by atoms with Crippen LogP contribution in [0.1, 0.15) is 5.56 Å². The Hall–Kier alpha value is -1.24. The summed E-state index contributed by atoms with van der Waals surface area (Å²) in [5, 5.41) is 3.28. The van der Waals surface area contributed by atoms with Crippen molar-refractivity contribution in [2.75, 3.05) is 44.7 Å². The van der Waals surface area contributed by atoms with Gasteiger partial charge in [0.1, 0.15) is 10.8 Å². The summed E-state index contributed by atoms with van der Waals surface area (Å²) in [6.07, 6.45) is 1.73. The monoisotopic (exact) mass is 266 g/mol. The van der Waals surface area contributed by atoms with E-state index in [9.17, 15) is 0 Å². The van der Waals surface area contributed by atoms with Gasteiger partial charge in [-0.15, -0.1) is 0 Å². The van der Waals surface area contributed by atoms with E-state index < -0.39 is 0 Å². The molecule has 1 saturated heterocycles. The predicted molar refractivity (Wildman–Crippen MR) is 75.9 cm³/mol. The van der Waals surface area contributed by atoms with Gasteiger partial charge >= 0.3 is 0 Å². The van der Waals surface area contributed by atoms with Crippen LogP contribution < -0.4 is 11.1 Å². The topological polar surface area (TPSA) is 63.4 Å². The first-order valence-electron chi connectivity index (χ1n) is 6.06. The molecule has 0 bridgehead atoms. The lowest BCUT2D eigenvalue weighted by Crippen LogP contribution is -2.39. The van der Waals surface area contributed by atoms with Crippen LogP contribution in [-0.4, -0.2) is 54.3 Å². The van der Waals surface area contributed by atoms with Gasteiger partial charge in [-0.1, -0.05) is 12.2 Å². The minimum absolute atomic E-state index is 0.372. The van der Waals surface area contributed by atoms with E-state index in [1.54, 1.807) is 6.20 Å². The zero-order valence-corrected chi connectivity index (χ0v) is 11.1. The standard InChI is InChI=1S/C12H18N4OS/c13-11(18)10-2-1-3-14-12(10)15-4-5-16-6-8-17-9-7-16/h1-3H,4-9H2,(H2,13,18)(H,14,15). The second-order valence-corrected chi connectivity index (χ2v) is 4.58. The summed E-state index contributed by atoms with van der Waals surface area (Å²) in [6, 6.07) is 3.72. The van der Waals surface area contributed by atoms with Crippen LogP contribution in [0.15, 0.2) is 18.3 Å². The van der Waals surface area contributed by atoms with Crippen molar-refractivity contribution in [3.8, 4) is 0 Å². The smallest absolute Gasteiger partial charge is 0.136 e. The lowest BCUT2D eigenvalue weighted by molar-refractivity contribution is 0.0398. The lowest BCUT2D eigenvalue weighted by atomic mass is 10.2. The van der Waals surface area contributed by atoms with Crippen molar-refractivity contribution in [3.05, 3.63) is 23.9 Å². The molecule has 0 aliphatic carbocycles. The van der Waals surface area contributed by atoms with Crippen LogP contribution in [0.25, 0.3) is 0 Å². The highest BCUT2D eigenvalue weighted by Gasteiger charge is 2.10. The third kappa shape index (κ3) is 3.63. The van der Waals surface area contributed by atoms with E-state index in [4.69, 9.17) is 22.7 Å². The molecule has 0 atom stereocenters. The first-order valence-corrected chi connectivity index (χ1v) is 6.47. The maximum absolute atomic E-state index is 5.65. The Morgan fingerprint density at radius 2 is 2.28 bits per heavy atom. The summed E-state index contributed by atoms with van der Waals surface area (Å²) in [5.74, 6) is 0.762. The van der Waals surface area contributed by atoms with Gasteiger partial charge in [-0.25, -0.2) is 4.98 Å². The van der Waals surface area contributed by atoms with E-state index in [1.807, 2.05) is 12.1 Å².